The first-order valence-electron chi connectivity index (χ1n) is 19.2. The maximum Gasteiger partial charge on any atom is 0.455 e. The Morgan fingerprint density at radius 1 is 0.907 bits per heavy atom. The summed E-state index contributed by atoms with van der Waals surface area (Å²) < 4.78 is 12.7. The fourth-order valence-corrected chi connectivity index (χ4v) is 9.07. The van der Waals surface area contributed by atoms with Crippen LogP contribution in [0.3, 0.4) is 0 Å². The van der Waals surface area contributed by atoms with Crippen molar-refractivity contribution in [2.75, 3.05) is 19.7 Å². The molecule has 0 unspecified atom stereocenters. The number of piperidine rings is 1. The molecule has 3 saturated heterocycles. The molecule has 3 aromatic carbocycles. The number of phenolic OH excluding ortho intramolecular Hbond substituents is 1. The van der Waals surface area contributed by atoms with Gasteiger partial charge in [-0.1, -0.05) is 66.7 Å². The predicted molar refractivity (Wildman–Crippen MR) is 208 cm³/mol. The number of fused-ring (bicyclic) bond motifs is 3. The molecule has 0 saturated carbocycles. The highest BCUT2D eigenvalue weighted by Crippen LogP contribution is 2.51. The molecule has 0 bridgehead atoms. The van der Waals surface area contributed by atoms with Crippen molar-refractivity contribution in [2.24, 2.45) is 17.8 Å². The summed E-state index contributed by atoms with van der Waals surface area (Å²) in [6.45, 7) is 2.75. The summed E-state index contributed by atoms with van der Waals surface area (Å²) >= 11 is 0. The van der Waals surface area contributed by atoms with Gasteiger partial charge in [0.05, 0.1) is 23.6 Å². The van der Waals surface area contributed by atoms with E-state index in [1.807, 2.05) is 72.8 Å². The molecule has 1 aromatic heterocycles. The summed E-state index contributed by atoms with van der Waals surface area (Å²) in [6, 6.07) is 32.7. The maximum atomic E-state index is 14.5. The van der Waals surface area contributed by atoms with Crippen molar-refractivity contribution in [3.05, 3.63) is 137 Å². The zero-order valence-corrected chi connectivity index (χ0v) is 30.4. The van der Waals surface area contributed by atoms with Gasteiger partial charge in [0.1, 0.15) is 18.1 Å². The van der Waals surface area contributed by atoms with Crippen molar-refractivity contribution in [3.8, 4) is 11.5 Å². The molecule has 3 fully saturated rings. The molecule has 2 amide bonds. The molecule has 4 heterocycles. The van der Waals surface area contributed by atoms with Gasteiger partial charge >= 0.3 is 7.12 Å². The number of aromatic nitrogens is 1. The van der Waals surface area contributed by atoms with Crippen LogP contribution in [-0.4, -0.2) is 75.7 Å². The van der Waals surface area contributed by atoms with E-state index >= 15 is 0 Å². The molecule has 4 atom stereocenters. The van der Waals surface area contributed by atoms with Crippen LogP contribution in [0.25, 0.3) is 11.6 Å². The van der Waals surface area contributed by atoms with Gasteiger partial charge in [0.15, 0.2) is 0 Å². The van der Waals surface area contributed by atoms with Crippen molar-refractivity contribution in [2.45, 2.75) is 57.1 Å². The van der Waals surface area contributed by atoms with Gasteiger partial charge in [0.25, 0.3) is 0 Å². The number of nitrogens with zero attached hydrogens (tertiary/aromatic N) is 3. The number of para-hydroxylation sites is 1. The first-order chi connectivity index (χ1) is 26.4. The zero-order valence-electron chi connectivity index (χ0n) is 30.4. The number of carbonyl (C=O) groups is 2. The smallest absolute Gasteiger partial charge is 0.455 e. The highest BCUT2D eigenvalue weighted by Gasteiger charge is 2.58. The summed E-state index contributed by atoms with van der Waals surface area (Å²) in [5.41, 5.74) is 5.82. The van der Waals surface area contributed by atoms with Crippen molar-refractivity contribution in [1.29, 1.82) is 0 Å². The molecule has 10 heteroatoms. The third-order valence-corrected chi connectivity index (χ3v) is 11.6. The number of ether oxygens (including phenoxy) is 1. The van der Waals surface area contributed by atoms with Crippen molar-refractivity contribution in [3.63, 3.8) is 0 Å². The van der Waals surface area contributed by atoms with E-state index in [0.29, 0.717) is 19.3 Å². The van der Waals surface area contributed by atoms with Crippen LogP contribution in [0.2, 0.25) is 6.32 Å². The van der Waals surface area contributed by atoms with Crippen LogP contribution >= 0.6 is 0 Å². The number of amides is 2. The maximum absolute atomic E-state index is 14.5. The van der Waals surface area contributed by atoms with E-state index in [2.05, 4.69) is 34.1 Å². The number of likely N-dealkylation sites (tertiary alicyclic amines) is 2. The Morgan fingerprint density at radius 2 is 1.67 bits per heavy atom. The Morgan fingerprint density at radius 3 is 2.41 bits per heavy atom. The summed E-state index contributed by atoms with van der Waals surface area (Å²) in [6.07, 6.45) is 6.51. The lowest BCUT2D eigenvalue weighted by molar-refractivity contribution is -0.144. The Hall–Kier alpha value is -5.03. The summed E-state index contributed by atoms with van der Waals surface area (Å²) in [7, 11) is -1.08. The van der Waals surface area contributed by atoms with Gasteiger partial charge in [-0.2, -0.15) is 0 Å². The molecule has 0 radical (unpaired) electrons. The minimum Gasteiger partial charge on any atom is -0.508 e. The number of phenols is 1. The third kappa shape index (κ3) is 7.78. The first-order valence-corrected chi connectivity index (χ1v) is 19.2. The van der Waals surface area contributed by atoms with Gasteiger partial charge in [0.2, 0.25) is 11.8 Å². The van der Waals surface area contributed by atoms with Crippen LogP contribution in [0, 0.1) is 17.8 Å². The second-order valence-electron chi connectivity index (χ2n) is 15.0. The molecule has 8 rings (SSSR count). The van der Waals surface area contributed by atoms with Gasteiger partial charge < -0.3 is 19.5 Å². The van der Waals surface area contributed by atoms with E-state index in [0.717, 1.165) is 66.2 Å². The van der Waals surface area contributed by atoms with E-state index in [1.165, 1.54) is 5.56 Å². The quantitative estimate of drug-likeness (QED) is 0.101. The number of allylic oxidation sites excluding steroid dienone is 1. The van der Waals surface area contributed by atoms with Gasteiger partial charge in [-0.3, -0.25) is 24.4 Å². The topological polar surface area (TPSA) is 112 Å². The fraction of sp³-hybridized carbons (Fsp3) is 0.341. The van der Waals surface area contributed by atoms with Crippen molar-refractivity contribution < 1.29 is 29.1 Å². The highest BCUT2D eigenvalue weighted by atomic mass is 16.5. The molecule has 1 aliphatic carbocycles. The number of rotatable bonds is 11. The van der Waals surface area contributed by atoms with Crippen LogP contribution in [0.5, 0.6) is 11.5 Å². The van der Waals surface area contributed by atoms with Gasteiger partial charge in [-0.15, -0.1) is 0 Å². The number of hydrogen-bond acceptors (Lipinski definition) is 8. The Kier molecular flexibility index (Phi) is 10.8. The number of carbonyl (C=O) groups excluding carboxylic acids is 2. The Labute approximate surface area is 317 Å². The molecule has 3 aliphatic heterocycles. The van der Waals surface area contributed by atoms with Crippen LogP contribution in [0.4, 0.5) is 0 Å². The van der Waals surface area contributed by atoms with E-state index in [9.17, 15) is 19.7 Å². The van der Waals surface area contributed by atoms with E-state index in [-0.39, 0.29) is 42.5 Å². The van der Waals surface area contributed by atoms with Crippen LogP contribution in [0.15, 0.2) is 120 Å². The van der Waals surface area contributed by atoms with Crippen LogP contribution in [-0.2, 0) is 20.8 Å². The molecule has 54 heavy (non-hydrogen) atoms. The first kappa shape index (κ1) is 36.0. The van der Waals surface area contributed by atoms with Gasteiger partial charge in [0, 0.05) is 31.9 Å². The number of benzene rings is 3. The van der Waals surface area contributed by atoms with Gasteiger partial charge in [-0.05, 0) is 115 Å². The minimum atomic E-state index is -1.08. The lowest BCUT2D eigenvalue weighted by Gasteiger charge is -2.43. The Bertz CT molecular complexity index is 2000. The Balaban J connectivity index is 1.06. The van der Waals surface area contributed by atoms with E-state index < -0.39 is 25.1 Å². The summed E-state index contributed by atoms with van der Waals surface area (Å²) in [5, 5.41) is 21.4. The van der Waals surface area contributed by atoms with E-state index in [4.69, 9.17) is 9.39 Å². The molecule has 9 nitrogen and oxygen atoms in total. The summed E-state index contributed by atoms with van der Waals surface area (Å²) in [4.78, 5) is 37.5. The number of hydrogen-bond donors (Lipinski definition) is 2. The molecule has 276 valence electrons. The second kappa shape index (κ2) is 16.1. The number of imide groups is 1. The normalized spacial score (nSPS) is 23.8. The zero-order chi connectivity index (χ0) is 37.0. The van der Waals surface area contributed by atoms with E-state index in [1.54, 1.807) is 23.2 Å². The monoisotopic (exact) mass is 723 g/mol. The van der Waals surface area contributed by atoms with Crippen LogP contribution < -0.4 is 4.74 Å². The summed E-state index contributed by atoms with van der Waals surface area (Å²) in [5.74, 6) is -0.687. The molecule has 0 spiro atoms. The fourth-order valence-electron chi connectivity index (χ4n) is 9.07. The average molecular weight is 724 g/mol. The average Bonchev–Trinajstić information content (AvgIpc) is 3.45. The largest absolute Gasteiger partial charge is 0.508 e. The highest BCUT2D eigenvalue weighted by molar-refractivity contribution is 6.43. The van der Waals surface area contributed by atoms with Crippen LogP contribution in [0.1, 0.15) is 48.9 Å². The molecule has 4 aromatic rings. The lowest BCUT2D eigenvalue weighted by Crippen LogP contribution is -2.48. The van der Waals surface area contributed by atoms with Crippen molar-refractivity contribution in [1.82, 2.24) is 14.8 Å². The SMILES string of the molecule is O=C1[C@@H]2[C@@H](CC(COc3ccccc3)=C3[C@@H](CC/C(=C/c4cccc(O)c4)c4ccccn4)OB(O)C[C@@H]32)C(=O)N1C1CCN(Cc2ccccc2)CC1. The number of pyridine rings is 1. The molecule has 4 aliphatic rings. The standard InChI is InChI=1S/C44H46BN3O6/c49-35-13-9-12-31(25-35)24-32(39-16-7-8-21-46-39)17-18-40-41-33(29-53-36-14-5-2-6-15-36)26-37-42(38(41)27-45(52)54-40)44(51)48(43(37)50)34-19-22-47(23-20-34)28-30-10-3-1-4-11-30/h1-16,21,24-25,34,37-38,40,42,49,52H,17-20,22-23,26-29H2/b32-24-/t37-,38+,40-,42-/m1/s1. The molecular formula is C44H46BN3O6. The third-order valence-electron chi connectivity index (χ3n) is 11.6. The minimum absolute atomic E-state index is 0.0909. The lowest BCUT2D eigenvalue weighted by atomic mass is 9.58. The predicted octanol–water partition coefficient (Wildman–Crippen LogP) is 6.65. The number of aromatic hydroxyl groups is 1. The molecule has 2 N–H and O–H groups in total. The second-order valence-corrected chi connectivity index (χ2v) is 15.0. The van der Waals surface area contributed by atoms with Crippen molar-refractivity contribution >= 4 is 30.6 Å². The van der Waals surface area contributed by atoms with Gasteiger partial charge in [-0.25, -0.2) is 0 Å². The molecular weight excluding hydrogens is 677 g/mol.